The van der Waals surface area contributed by atoms with Crippen LogP contribution in [0.25, 0.3) is 11.1 Å². The molecular formula is C18H22N2O. The summed E-state index contributed by atoms with van der Waals surface area (Å²) in [5.74, 6) is 0.778. The van der Waals surface area contributed by atoms with Crippen molar-refractivity contribution >= 4 is 11.9 Å². The number of methoxy groups -OCH3 is 1. The molecule has 0 saturated carbocycles. The van der Waals surface area contributed by atoms with Crippen molar-refractivity contribution in [2.45, 2.75) is 20.8 Å². The Hall–Kier alpha value is -2.29. The highest BCUT2D eigenvalue weighted by Crippen LogP contribution is 2.30. The number of anilines is 1. The molecule has 3 heteroatoms. The lowest BCUT2D eigenvalue weighted by Gasteiger charge is -2.13. The molecule has 0 saturated heterocycles. The molecule has 0 aliphatic rings. The van der Waals surface area contributed by atoms with Crippen molar-refractivity contribution in [3.05, 3.63) is 48.5 Å². The molecule has 21 heavy (non-hydrogen) atoms. The Bertz CT molecular complexity index is 613. The second-order valence-electron chi connectivity index (χ2n) is 6.02. The van der Waals surface area contributed by atoms with Crippen LogP contribution in [-0.2, 0) is 0 Å². The molecule has 0 aromatic heterocycles. The number of nitrogens with one attached hydrogen (secondary N) is 1. The first-order valence-corrected chi connectivity index (χ1v) is 7.03. The van der Waals surface area contributed by atoms with Gasteiger partial charge in [0.05, 0.1) is 12.8 Å². The van der Waals surface area contributed by atoms with Crippen LogP contribution in [0.5, 0.6) is 5.75 Å². The van der Waals surface area contributed by atoms with Gasteiger partial charge < -0.3 is 4.74 Å². The lowest BCUT2D eigenvalue weighted by Crippen LogP contribution is -2.07. The average Bonchev–Trinajstić information content (AvgIpc) is 2.47. The number of benzene rings is 2. The van der Waals surface area contributed by atoms with Gasteiger partial charge in [0.25, 0.3) is 0 Å². The second-order valence-corrected chi connectivity index (χ2v) is 6.02. The van der Waals surface area contributed by atoms with E-state index in [2.05, 4.69) is 43.4 Å². The normalized spacial score (nSPS) is 11.6. The molecule has 0 unspecified atom stereocenters. The third-order valence-corrected chi connectivity index (χ3v) is 2.94. The fourth-order valence-corrected chi connectivity index (χ4v) is 1.90. The zero-order chi connectivity index (χ0) is 15.3. The van der Waals surface area contributed by atoms with Gasteiger partial charge in [0.2, 0.25) is 0 Å². The summed E-state index contributed by atoms with van der Waals surface area (Å²) in [5, 5.41) is 4.30. The first-order chi connectivity index (χ1) is 9.99. The maximum Gasteiger partial charge on any atom is 0.143 e. The van der Waals surface area contributed by atoms with E-state index in [1.165, 1.54) is 5.56 Å². The van der Waals surface area contributed by atoms with E-state index in [1.807, 2.05) is 42.6 Å². The number of ether oxygens (including phenoxy) is 1. The van der Waals surface area contributed by atoms with Crippen molar-refractivity contribution in [3.63, 3.8) is 0 Å². The zero-order valence-electron chi connectivity index (χ0n) is 13.1. The fourth-order valence-electron chi connectivity index (χ4n) is 1.90. The van der Waals surface area contributed by atoms with Crippen molar-refractivity contribution in [2.75, 3.05) is 12.5 Å². The molecule has 0 heterocycles. The highest BCUT2D eigenvalue weighted by atomic mass is 16.5. The first kappa shape index (κ1) is 15.1. The molecule has 0 spiro atoms. The maximum atomic E-state index is 5.38. The van der Waals surface area contributed by atoms with E-state index in [0.29, 0.717) is 0 Å². The van der Waals surface area contributed by atoms with Crippen molar-refractivity contribution in [1.82, 2.24) is 0 Å². The lowest BCUT2D eigenvalue weighted by atomic mass is 9.99. The van der Waals surface area contributed by atoms with Crippen LogP contribution in [0.2, 0.25) is 0 Å². The minimum Gasteiger partial charge on any atom is -0.495 e. The Morgan fingerprint density at radius 3 is 2.33 bits per heavy atom. The first-order valence-electron chi connectivity index (χ1n) is 7.03. The molecule has 110 valence electrons. The van der Waals surface area contributed by atoms with E-state index >= 15 is 0 Å². The van der Waals surface area contributed by atoms with E-state index in [-0.39, 0.29) is 5.41 Å². The van der Waals surface area contributed by atoms with E-state index in [4.69, 9.17) is 4.74 Å². The van der Waals surface area contributed by atoms with Gasteiger partial charge in [0.15, 0.2) is 0 Å². The molecule has 0 radical (unpaired) electrons. The summed E-state index contributed by atoms with van der Waals surface area (Å²) >= 11 is 0. The van der Waals surface area contributed by atoms with E-state index in [9.17, 15) is 0 Å². The summed E-state index contributed by atoms with van der Waals surface area (Å²) in [6.07, 6.45) is 1.89. The number of hydrazone groups is 1. The summed E-state index contributed by atoms with van der Waals surface area (Å²) in [6.45, 7) is 6.32. The lowest BCUT2D eigenvalue weighted by molar-refractivity contribution is 0.416. The molecule has 0 fully saturated rings. The predicted molar refractivity (Wildman–Crippen MR) is 90.0 cm³/mol. The van der Waals surface area contributed by atoms with Crippen molar-refractivity contribution < 1.29 is 4.74 Å². The van der Waals surface area contributed by atoms with Crippen LogP contribution in [0.15, 0.2) is 53.6 Å². The molecule has 3 nitrogen and oxygen atoms in total. The van der Waals surface area contributed by atoms with Gasteiger partial charge >= 0.3 is 0 Å². The van der Waals surface area contributed by atoms with Crippen LogP contribution in [0.3, 0.4) is 0 Å². The molecule has 0 aliphatic heterocycles. The summed E-state index contributed by atoms with van der Waals surface area (Å²) < 4.78 is 5.38. The standard InChI is InChI=1S/C18H22N2O/c1-18(2,3)13-19-20-16-12-15(10-11-17(16)21-4)14-8-6-5-7-9-14/h5-13,20H,1-4H3/b19-13+. The number of hydrogen-bond donors (Lipinski definition) is 1. The molecule has 2 rings (SSSR count). The SMILES string of the molecule is COc1ccc(-c2ccccc2)cc1N/N=C/C(C)(C)C. The van der Waals surface area contributed by atoms with Gasteiger partial charge in [0, 0.05) is 6.21 Å². The van der Waals surface area contributed by atoms with Crippen LogP contribution in [-0.4, -0.2) is 13.3 Å². The van der Waals surface area contributed by atoms with Gasteiger partial charge in [-0.2, -0.15) is 5.10 Å². The topological polar surface area (TPSA) is 33.6 Å². The minimum atomic E-state index is 0.0390. The Labute approximate surface area is 126 Å². The van der Waals surface area contributed by atoms with Crippen LogP contribution in [0, 0.1) is 5.41 Å². The molecule has 1 N–H and O–H groups in total. The molecule has 0 atom stereocenters. The van der Waals surface area contributed by atoms with Gasteiger partial charge in [-0.25, -0.2) is 0 Å². The zero-order valence-corrected chi connectivity index (χ0v) is 13.1. The third kappa shape index (κ3) is 4.35. The Balaban J connectivity index is 2.29. The van der Waals surface area contributed by atoms with Gasteiger partial charge in [-0.05, 0) is 28.7 Å². The number of rotatable bonds is 4. The van der Waals surface area contributed by atoms with Gasteiger partial charge in [-0.3, -0.25) is 5.43 Å². The van der Waals surface area contributed by atoms with Crippen molar-refractivity contribution in [1.29, 1.82) is 0 Å². The molecule has 2 aromatic carbocycles. The smallest absolute Gasteiger partial charge is 0.143 e. The van der Waals surface area contributed by atoms with Crippen molar-refractivity contribution in [2.24, 2.45) is 10.5 Å². The van der Waals surface area contributed by atoms with E-state index in [0.717, 1.165) is 17.0 Å². The number of hydrogen-bond acceptors (Lipinski definition) is 3. The molecule has 0 aliphatic carbocycles. The van der Waals surface area contributed by atoms with Crippen LogP contribution in [0.1, 0.15) is 20.8 Å². The van der Waals surface area contributed by atoms with Gasteiger partial charge in [0.1, 0.15) is 5.75 Å². The molecular weight excluding hydrogens is 260 g/mol. The maximum absolute atomic E-state index is 5.38. The molecule has 0 amide bonds. The highest BCUT2D eigenvalue weighted by molar-refractivity contribution is 5.73. The summed E-state index contributed by atoms with van der Waals surface area (Å²) in [7, 11) is 1.66. The fraction of sp³-hybridized carbons (Fsp3) is 0.278. The van der Waals surface area contributed by atoms with Crippen LogP contribution < -0.4 is 10.2 Å². The summed E-state index contributed by atoms with van der Waals surface area (Å²) in [6, 6.07) is 16.3. The van der Waals surface area contributed by atoms with E-state index < -0.39 is 0 Å². The average molecular weight is 282 g/mol. The molecule has 2 aromatic rings. The Morgan fingerprint density at radius 1 is 1.00 bits per heavy atom. The van der Waals surface area contributed by atoms with Crippen molar-refractivity contribution in [3.8, 4) is 16.9 Å². The third-order valence-electron chi connectivity index (χ3n) is 2.94. The number of nitrogens with zero attached hydrogens (tertiary/aromatic N) is 1. The predicted octanol–water partition coefficient (Wildman–Crippen LogP) is 4.81. The van der Waals surface area contributed by atoms with Crippen LogP contribution >= 0.6 is 0 Å². The highest BCUT2D eigenvalue weighted by Gasteiger charge is 2.07. The quantitative estimate of drug-likeness (QED) is 0.645. The second kappa shape index (κ2) is 6.44. The Kier molecular flexibility index (Phi) is 4.63. The van der Waals surface area contributed by atoms with Gasteiger partial charge in [-0.15, -0.1) is 0 Å². The largest absolute Gasteiger partial charge is 0.495 e. The Morgan fingerprint density at radius 2 is 1.71 bits per heavy atom. The molecule has 0 bridgehead atoms. The van der Waals surface area contributed by atoms with Gasteiger partial charge in [-0.1, -0.05) is 57.2 Å². The van der Waals surface area contributed by atoms with E-state index in [1.54, 1.807) is 7.11 Å². The van der Waals surface area contributed by atoms with Crippen LogP contribution in [0.4, 0.5) is 5.69 Å². The monoisotopic (exact) mass is 282 g/mol. The summed E-state index contributed by atoms with van der Waals surface area (Å²) in [5.41, 5.74) is 6.27. The summed E-state index contributed by atoms with van der Waals surface area (Å²) in [4.78, 5) is 0. The minimum absolute atomic E-state index is 0.0390.